The molecule has 0 amide bonds. The van der Waals surface area contributed by atoms with Crippen LogP contribution in [0.4, 0.5) is 0 Å². The fourth-order valence-corrected chi connectivity index (χ4v) is 1.22. The van der Waals surface area contributed by atoms with Crippen LogP contribution in [0.1, 0.15) is 0 Å². The van der Waals surface area contributed by atoms with Crippen LogP contribution < -0.4 is 0 Å². The van der Waals surface area contributed by atoms with Gasteiger partial charge >= 0.3 is 25.8 Å². The van der Waals surface area contributed by atoms with Crippen molar-refractivity contribution in [3.05, 3.63) is 0 Å². The summed E-state index contributed by atoms with van der Waals surface area (Å²) in [5.74, 6) is 0. The third-order valence-corrected chi connectivity index (χ3v) is 2.63. The van der Waals surface area contributed by atoms with Gasteiger partial charge in [0.25, 0.3) is 0 Å². The molecular weight excluding hydrogens is 287 g/mol. The standard InChI is InChI=1S/C3H12NO9P3/c1-8-14(5)11-4(12-15(6)9-2)13-16(7)10-3/h5-7H,1-3H3. The zero-order valence-corrected chi connectivity index (χ0v) is 11.3. The van der Waals surface area contributed by atoms with E-state index in [-0.39, 0.29) is 5.39 Å². The lowest BCUT2D eigenvalue weighted by Crippen LogP contribution is -2.19. The van der Waals surface area contributed by atoms with E-state index < -0.39 is 25.8 Å². The van der Waals surface area contributed by atoms with Gasteiger partial charge in [-0.15, -0.1) is 0 Å². The molecule has 0 saturated heterocycles. The molecule has 0 aromatic heterocycles. The van der Waals surface area contributed by atoms with Crippen molar-refractivity contribution in [1.29, 1.82) is 0 Å². The Labute approximate surface area is 95.4 Å². The van der Waals surface area contributed by atoms with Gasteiger partial charge < -0.3 is 28.3 Å². The zero-order chi connectivity index (χ0) is 12.6. The van der Waals surface area contributed by atoms with Crippen molar-refractivity contribution in [1.82, 2.24) is 5.39 Å². The lowest BCUT2D eigenvalue weighted by Gasteiger charge is -2.21. The van der Waals surface area contributed by atoms with E-state index in [0.29, 0.717) is 0 Å². The van der Waals surface area contributed by atoms with Crippen molar-refractivity contribution < 1.29 is 42.1 Å². The monoisotopic (exact) mass is 299 g/mol. The summed E-state index contributed by atoms with van der Waals surface area (Å²) in [6.45, 7) is 0. The highest BCUT2D eigenvalue weighted by Crippen LogP contribution is 2.43. The molecule has 0 aliphatic carbocycles. The van der Waals surface area contributed by atoms with E-state index in [1.54, 1.807) is 0 Å². The Hall–Kier alpha value is 0.890. The van der Waals surface area contributed by atoms with Crippen LogP contribution >= 0.6 is 25.8 Å². The lowest BCUT2D eigenvalue weighted by atomic mass is 11.8. The number of nitrogens with zero attached hydrogens (tertiary/aromatic N) is 1. The van der Waals surface area contributed by atoms with Crippen molar-refractivity contribution in [2.24, 2.45) is 0 Å². The lowest BCUT2D eigenvalue weighted by molar-refractivity contribution is -0.418. The highest BCUT2D eigenvalue weighted by molar-refractivity contribution is 7.41. The predicted molar refractivity (Wildman–Crippen MR) is 53.5 cm³/mol. The summed E-state index contributed by atoms with van der Waals surface area (Å²) in [6, 6.07) is 0. The molecular formula is C3H12NO9P3. The van der Waals surface area contributed by atoms with E-state index in [1.165, 1.54) is 21.3 Å². The Balaban J connectivity index is 4.15. The van der Waals surface area contributed by atoms with E-state index in [9.17, 15) is 0 Å². The van der Waals surface area contributed by atoms with Crippen LogP contribution in [0.3, 0.4) is 0 Å². The molecule has 10 nitrogen and oxygen atoms in total. The minimum Gasteiger partial charge on any atom is -0.327 e. The molecule has 3 unspecified atom stereocenters. The van der Waals surface area contributed by atoms with E-state index >= 15 is 0 Å². The maximum Gasteiger partial charge on any atom is 0.351 e. The van der Waals surface area contributed by atoms with Crippen molar-refractivity contribution in [2.75, 3.05) is 21.3 Å². The molecule has 0 aliphatic rings. The molecule has 13 heteroatoms. The van der Waals surface area contributed by atoms with Crippen LogP contribution in [-0.4, -0.2) is 41.4 Å². The fourth-order valence-electron chi connectivity index (χ4n) is 0.316. The van der Waals surface area contributed by atoms with Gasteiger partial charge in [-0.2, -0.15) is 13.9 Å². The van der Waals surface area contributed by atoms with Gasteiger partial charge in [0, 0.05) is 21.3 Å². The topological polar surface area (TPSA) is 119 Å². The van der Waals surface area contributed by atoms with E-state index in [1.807, 2.05) is 0 Å². The number of rotatable bonds is 9. The highest BCUT2D eigenvalue weighted by atomic mass is 31.2. The van der Waals surface area contributed by atoms with E-state index in [0.717, 1.165) is 0 Å². The van der Waals surface area contributed by atoms with E-state index in [4.69, 9.17) is 14.7 Å². The highest BCUT2D eigenvalue weighted by Gasteiger charge is 2.24. The van der Waals surface area contributed by atoms with Gasteiger partial charge in [0.1, 0.15) is 0 Å². The first kappa shape index (κ1) is 16.9. The van der Waals surface area contributed by atoms with Crippen LogP contribution in [0.25, 0.3) is 0 Å². The summed E-state index contributed by atoms with van der Waals surface area (Å²) in [6.07, 6.45) is 0. The summed E-state index contributed by atoms with van der Waals surface area (Å²) < 4.78 is 26.6. The number of hydrogen-bond acceptors (Lipinski definition) is 10. The third kappa shape index (κ3) is 8.05. The minimum atomic E-state index is -2.33. The smallest absolute Gasteiger partial charge is 0.327 e. The first-order chi connectivity index (χ1) is 7.53. The first-order valence-electron chi connectivity index (χ1n) is 3.47. The van der Waals surface area contributed by atoms with Gasteiger partial charge in [-0.1, -0.05) is 0 Å². The second-order valence-corrected chi connectivity index (χ2v) is 4.74. The SMILES string of the molecule is COP(O)ON(OP(O)OC)OP(O)OC. The summed E-state index contributed by atoms with van der Waals surface area (Å²) in [7, 11) is -3.48. The van der Waals surface area contributed by atoms with Gasteiger partial charge in [0.2, 0.25) is 0 Å². The minimum absolute atomic E-state index is 0.152. The Morgan fingerprint density at radius 1 is 0.688 bits per heavy atom. The third-order valence-electron chi connectivity index (χ3n) is 0.878. The average molecular weight is 299 g/mol. The summed E-state index contributed by atoms with van der Waals surface area (Å²) in [4.78, 5) is 27.0. The maximum absolute atomic E-state index is 8.99. The average Bonchev–Trinajstić information content (AvgIpc) is 2.28. The van der Waals surface area contributed by atoms with Gasteiger partial charge in [-0.05, 0) is 0 Å². The van der Waals surface area contributed by atoms with Crippen LogP contribution in [-0.2, 0) is 27.4 Å². The molecule has 0 heterocycles. The van der Waals surface area contributed by atoms with Crippen molar-refractivity contribution >= 4 is 25.8 Å². The molecule has 3 N–H and O–H groups in total. The zero-order valence-electron chi connectivity index (χ0n) is 8.58. The Kier molecular flexibility index (Phi) is 10.4. The summed E-state index contributed by atoms with van der Waals surface area (Å²) in [5, 5.41) is 0.152. The summed E-state index contributed by atoms with van der Waals surface area (Å²) >= 11 is 0. The normalized spacial score (nSPS) is 17.4. The van der Waals surface area contributed by atoms with Crippen molar-refractivity contribution in [2.45, 2.75) is 0 Å². The summed E-state index contributed by atoms with van der Waals surface area (Å²) in [5.41, 5.74) is 0. The van der Waals surface area contributed by atoms with Crippen molar-refractivity contribution in [3.63, 3.8) is 0 Å². The molecule has 0 spiro atoms. The number of hydrogen-bond donors (Lipinski definition) is 3. The molecule has 0 saturated carbocycles. The molecule has 0 aromatic carbocycles. The van der Waals surface area contributed by atoms with Crippen LogP contribution in [0.5, 0.6) is 0 Å². The largest absolute Gasteiger partial charge is 0.351 e. The predicted octanol–water partition coefficient (Wildman–Crippen LogP) is 0.680. The Morgan fingerprint density at radius 3 is 1.12 bits per heavy atom. The quantitative estimate of drug-likeness (QED) is 0.414. The fraction of sp³-hybridized carbons (Fsp3) is 1.00. The molecule has 0 fully saturated rings. The molecule has 0 aliphatic heterocycles. The Bertz CT molecular complexity index is 148. The van der Waals surface area contributed by atoms with Gasteiger partial charge in [0.05, 0.1) is 5.39 Å². The van der Waals surface area contributed by atoms with Crippen molar-refractivity contribution in [3.8, 4) is 0 Å². The van der Waals surface area contributed by atoms with Gasteiger partial charge in [-0.3, -0.25) is 0 Å². The van der Waals surface area contributed by atoms with E-state index in [2.05, 4.69) is 27.4 Å². The second-order valence-electron chi connectivity index (χ2n) is 1.73. The molecule has 3 atom stereocenters. The van der Waals surface area contributed by atoms with Gasteiger partial charge in [-0.25, -0.2) is 0 Å². The molecule has 0 bridgehead atoms. The van der Waals surface area contributed by atoms with Gasteiger partial charge in [0.15, 0.2) is 0 Å². The van der Waals surface area contributed by atoms with Crippen LogP contribution in [0.2, 0.25) is 0 Å². The van der Waals surface area contributed by atoms with Crippen LogP contribution in [0, 0.1) is 0 Å². The van der Waals surface area contributed by atoms with Crippen LogP contribution in [0.15, 0.2) is 0 Å². The maximum atomic E-state index is 8.99. The molecule has 0 rings (SSSR count). The molecule has 98 valence electrons. The second kappa shape index (κ2) is 9.87. The molecule has 16 heavy (non-hydrogen) atoms. The Morgan fingerprint density at radius 2 is 0.938 bits per heavy atom. The molecule has 0 radical (unpaired) electrons. The first-order valence-corrected chi connectivity index (χ1v) is 6.86. The molecule has 0 aromatic rings.